The fraction of sp³-hybridized carbons (Fsp3) is 0.895. The van der Waals surface area contributed by atoms with E-state index in [1.807, 2.05) is 0 Å². The van der Waals surface area contributed by atoms with E-state index in [1.165, 1.54) is 7.11 Å². The van der Waals surface area contributed by atoms with Crippen molar-refractivity contribution in [3.05, 3.63) is 0 Å². The highest BCUT2D eigenvalue weighted by molar-refractivity contribution is 5.94. The number of unbranched alkanes of at least 4 members (excludes halogenated alkanes) is 2. The van der Waals surface area contributed by atoms with E-state index >= 15 is 0 Å². The van der Waals surface area contributed by atoms with Gasteiger partial charge in [0.25, 0.3) is 0 Å². The van der Waals surface area contributed by atoms with Gasteiger partial charge in [-0.25, -0.2) is 0 Å². The van der Waals surface area contributed by atoms with Crippen molar-refractivity contribution in [2.24, 2.45) is 5.92 Å². The molecule has 1 fully saturated rings. The van der Waals surface area contributed by atoms with Crippen LogP contribution in [0.25, 0.3) is 0 Å². The normalized spacial score (nSPS) is 22.0. The Kier molecular flexibility index (Phi) is 7.26. The van der Waals surface area contributed by atoms with Crippen LogP contribution in [0.5, 0.6) is 0 Å². The number of ether oxygens (including phenoxy) is 2. The molecule has 0 radical (unpaired) electrons. The average Bonchev–Trinajstić information content (AvgIpc) is 2.47. The first kappa shape index (κ1) is 20.9. The van der Waals surface area contributed by atoms with Crippen molar-refractivity contribution in [2.45, 2.75) is 90.3 Å². The highest BCUT2D eigenvalue weighted by Crippen LogP contribution is 2.38. The number of likely N-dealkylation sites (tertiary alicyclic amines) is 1. The minimum absolute atomic E-state index is 0.0599. The number of rotatable bonds is 7. The van der Waals surface area contributed by atoms with Gasteiger partial charge in [0.15, 0.2) is 5.92 Å². The third-order valence-corrected chi connectivity index (χ3v) is 5.42. The first-order valence-electron chi connectivity index (χ1n) is 9.07. The second-order valence-electron chi connectivity index (χ2n) is 8.22. The van der Waals surface area contributed by atoms with Crippen LogP contribution in [0.1, 0.15) is 73.1 Å². The van der Waals surface area contributed by atoms with Crippen LogP contribution in [-0.2, 0) is 19.1 Å². The first-order valence-corrected chi connectivity index (χ1v) is 9.07. The molecule has 140 valence electrons. The van der Waals surface area contributed by atoms with E-state index in [-0.39, 0.29) is 17.2 Å². The van der Waals surface area contributed by atoms with Crippen molar-refractivity contribution in [2.75, 3.05) is 14.2 Å². The fourth-order valence-corrected chi connectivity index (χ4v) is 3.68. The van der Waals surface area contributed by atoms with Gasteiger partial charge in [0.2, 0.25) is 0 Å². The molecule has 24 heavy (non-hydrogen) atoms. The van der Waals surface area contributed by atoms with Crippen LogP contribution in [0.3, 0.4) is 0 Å². The molecule has 0 saturated carbocycles. The summed E-state index contributed by atoms with van der Waals surface area (Å²) in [5.41, 5.74) is -0.120. The number of piperidine rings is 1. The molecule has 0 aliphatic carbocycles. The molecule has 0 spiro atoms. The third-order valence-electron chi connectivity index (χ3n) is 5.42. The van der Waals surface area contributed by atoms with Crippen molar-refractivity contribution in [1.82, 2.24) is 4.90 Å². The zero-order valence-electron chi connectivity index (χ0n) is 16.5. The van der Waals surface area contributed by atoms with Gasteiger partial charge in [0.05, 0.1) is 7.11 Å². The van der Waals surface area contributed by atoms with E-state index in [4.69, 9.17) is 9.47 Å². The van der Waals surface area contributed by atoms with E-state index in [1.54, 1.807) is 0 Å². The van der Waals surface area contributed by atoms with Gasteiger partial charge in [-0.05, 0) is 41.2 Å². The topological polar surface area (TPSA) is 55.8 Å². The summed E-state index contributed by atoms with van der Waals surface area (Å²) in [5, 5.41) is 0. The number of esters is 2. The SMILES string of the molecule is CCCCCC(C(=O)OC)C(=O)OC1CC(C)(C)N(C)C(C)(C)C1. The lowest BCUT2D eigenvalue weighted by Crippen LogP contribution is -2.60. The molecule has 0 aromatic carbocycles. The van der Waals surface area contributed by atoms with Gasteiger partial charge in [0, 0.05) is 23.9 Å². The Balaban J connectivity index is 2.77. The molecule has 0 N–H and O–H groups in total. The van der Waals surface area contributed by atoms with Crippen LogP contribution in [0.15, 0.2) is 0 Å². The van der Waals surface area contributed by atoms with Crippen LogP contribution in [0, 0.1) is 5.92 Å². The van der Waals surface area contributed by atoms with Gasteiger partial charge in [-0.15, -0.1) is 0 Å². The molecule has 0 aromatic rings. The quantitative estimate of drug-likeness (QED) is 0.403. The molecule has 0 amide bonds. The molecule has 0 bridgehead atoms. The Hall–Kier alpha value is -1.10. The predicted octanol–water partition coefficient (Wildman–Crippen LogP) is 3.55. The first-order chi connectivity index (χ1) is 11.0. The molecular formula is C19H35NO4. The Labute approximate surface area is 147 Å². The second-order valence-corrected chi connectivity index (χ2v) is 8.22. The molecular weight excluding hydrogens is 306 g/mol. The standard InChI is InChI=1S/C19H35NO4/c1-8-9-10-11-15(16(21)23-7)17(22)24-14-12-18(2,3)20(6)19(4,5)13-14/h14-15H,8-13H2,1-7H3. The smallest absolute Gasteiger partial charge is 0.320 e. The lowest BCUT2D eigenvalue weighted by Gasteiger charge is -2.53. The van der Waals surface area contributed by atoms with E-state index < -0.39 is 17.9 Å². The highest BCUT2D eigenvalue weighted by Gasteiger charge is 2.45. The van der Waals surface area contributed by atoms with Crippen LogP contribution in [0.4, 0.5) is 0 Å². The van der Waals surface area contributed by atoms with Crippen LogP contribution >= 0.6 is 0 Å². The molecule has 1 aliphatic heterocycles. The summed E-state index contributed by atoms with van der Waals surface area (Å²) in [4.78, 5) is 26.9. The summed E-state index contributed by atoms with van der Waals surface area (Å²) >= 11 is 0. The second kappa shape index (κ2) is 8.32. The molecule has 1 unspecified atom stereocenters. The van der Waals surface area contributed by atoms with Gasteiger partial charge in [-0.2, -0.15) is 0 Å². The highest BCUT2D eigenvalue weighted by atomic mass is 16.6. The summed E-state index contributed by atoms with van der Waals surface area (Å²) in [6.45, 7) is 10.7. The van der Waals surface area contributed by atoms with Gasteiger partial charge >= 0.3 is 11.9 Å². The van der Waals surface area contributed by atoms with Gasteiger partial charge in [0.1, 0.15) is 6.10 Å². The van der Waals surface area contributed by atoms with Crippen molar-refractivity contribution in [3.63, 3.8) is 0 Å². The number of hydrogen-bond donors (Lipinski definition) is 0. The summed E-state index contributed by atoms with van der Waals surface area (Å²) in [7, 11) is 3.43. The Morgan fingerprint density at radius 2 is 1.62 bits per heavy atom. The zero-order chi connectivity index (χ0) is 18.5. The lowest BCUT2D eigenvalue weighted by atomic mass is 9.78. The monoisotopic (exact) mass is 341 g/mol. The molecule has 5 nitrogen and oxygen atoms in total. The minimum atomic E-state index is -0.799. The van der Waals surface area contributed by atoms with Crippen molar-refractivity contribution >= 4 is 11.9 Å². The fourth-order valence-electron chi connectivity index (χ4n) is 3.68. The third kappa shape index (κ3) is 5.20. The average molecular weight is 341 g/mol. The van der Waals surface area contributed by atoms with Crippen LogP contribution in [0.2, 0.25) is 0 Å². The van der Waals surface area contributed by atoms with Crippen molar-refractivity contribution < 1.29 is 19.1 Å². The minimum Gasteiger partial charge on any atom is -0.468 e. The maximum absolute atomic E-state index is 12.6. The van der Waals surface area contributed by atoms with Gasteiger partial charge in [-0.1, -0.05) is 26.2 Å². The number of hydrogen-bond acceptors (Lipinski definition) is 5. The van der Waals surface area contributed by atoms with Crippen LogP contribution in [-0.4, -0.2) is 48.2 Å². The molecule has 1 aliphatic rings. The van der Waals surface area contributed by atoms with Crippen molar-refractivity contribution in [3.8, 4) is 0 Å². The molecule has 1 rings (SSSR count). The molecule has 1 atom stereocenters. The lowest BCUT2D eigenvalue weighted by molar-refractivity contribution is -0.170. The number of carbonyl (C=O) groups is 2. The largest absolute Gasteiger partial charge is 0.468 e. The Morgan fingerprint density at radius 3 is 2.08 bits per heavy atom. The maximum Gasteiger partial charge on any atom is 0.320 e. The summed E-state index contributed by atoms with van der Waals surface area (Å²) in [6, 6.07) is 0. The Morgan fingerprint density at radius 1 is 1.08 bits per heavy atom. The molecule has 1 heterocycles. The number of carbonyl (C=O) groups excluding carboxylic acids is 2. The number of methoxy groups -OCH3 is 1. The summed E-state index contributed by atoms with van der Waals surface area (Å²) in [5.74, 6) is -1.71. The Bertz CT molecular complexity index is 427. The van der Waals surface area contributed by atoms with Crippen molar-refractivity contribution in [1.29, 1.82) is 0 Å². The molecule has 1 saturated heterocycles. The van der Waals surface area contributed by atoms with Gasteiger partial charge in [-0.3, -0.25) is 14.5 Å². The molecule has 0 aromatic heterocycles. The summed E-state index contributed by atoms with van der Waals surface area (Å²) < 4.78 is 10.6. The van der Waals surface area contributed by atoms with E-state index in [0.29, 0.717) is 6.42 Å². The van der Waals surface area contributed by atoms with Crippen LogP contribution < -0.4 is 0 Å². The summed E-state index contributed by atoms with van der Waals surface area (Å²) in [6.07, 6.45) is 4.73. The van der Waals surface area contributed by atoms with E-state index in [9.17, 15) is 9.59 Å². The van der Waals surface area contributed by atoms with Gasteiger partial charge < -0.3 is 9.47 Å². The zero-order valence-corrected chi connectivity index (χ0v) is 16.5. The van der Waals surface area contributed by atoms with E-state index in [0.717, 1.165) is 32.1 Å². The maximum atomic E-state index is 12.6. The molecule has 5 heteroatoms. The van der Waals surface area contributed by atoms with E-state index in [2.05, 4.69) is 46.6 Å². The number of nitrogens with zero attached hydrogens (tertiary/aromatic N) is 1. The predicted molar refractivity (Wildman–Crippen MR) is 94.7 cm³/mol.